The number of pyridine rings is 1. The zero-order valence-corrected chi connectivity index (χ0v) is 19.0. The number of fused-ring (bicyclic) bond motifs is 1. The summed E-state index contributed by atoms with van der Waals surface area (Å²) in [5.74, 6) is -0.428. The van der Waals surface area contributed by atoms with Gasteiger partial charge in [0.25, 0.3) is 0 Å². The molecule has 0 aliphatic carbocycles. The highest BCUT2D eigenvalue weighted by molar-refractivity contribution is 7.89. The van der Waals surface area contributed by atoms with Gasteiger partial charge in [-0.2, -0.15) is 4.31 Å². The molecule has 2 aromatic carbocycles. The fraction of sp³-hybridized carbons (Fsp3) is 0.261. The molecular formula is C23H21FN4O2S2. The summed E-state index contributed by atoms with van der Waals surface area (Å²) < 4.78 is 42.8. The normalized spacial score (nSPS) is 17.6. The molecule has 1 atom stereocenters. The van der Waals surface area contributed by atoms with Crippen molar-refractivity contribution in [1.29, 1.82) is 0 Å². The number of hydrogen-bond donors (Lipinski definition) is 0. The SMILES string of the molecule is Cc1ccc2cccc(S(=O)(=O)N3CCCC(c4nnc(-c5ccccc5F)s4)C3)c2n1. The average molecular weight is 469 g/mol. The number of benzene rings is 2. The first kappa shape index (κ1) is 21.1. The Kier molecular flexibility index (Phi) is 5.48. The molecule has 0 radical (unpaired) electrons. The van der Waals surface area contributed by atoms with Crippen molar-refractivity contribution in [1.82, 2.24) is 19.5 Å². The molecule has 1 aliphatic heterocycles. The Bertz CT molecular complexity index is 1400. The van der Waals surface area contributed by atoms with E-state index in [4.69, 9.17) is 0 Å². The van der Waals surface area contributed by atoms with Gasteiger partial charge in [-0.15, -0.1) is 10.2 Å². The van der Waals surface area contributed by atoms with E-state index in [2.05, 4.69) is 15.2 Å². The molecule has 164 valence electrons. The smallest absolute Gasteiger partial charge is 0.245 e. The molecule has 1 aliphatic rings. The van der Waals surface area contributed by atoms with Crippen LogP contribution < -0.4 is 0 Å². The first-order valence-corrected chi connectivity index (χ1v) is 12.6. The molecule has 0 bridgehead atoms. The van der Waals surface area contributed by atoms with Crippen LogP contribution in [-0.4, -0.2) is 41.0 Å². The van der Waals surface area contributed by atoms with E-state index in [1.807, 2.05) is 25.1 Å². The number of para-hydroxylation sites is 1. The number of hydrogen-bond acceptors (Lipinski definition) is 6. The highest BCUT2D eigenvalue weighted by Crippen LogP contribution is 2.35. The molecule has 1 fully saturated rings. The van der Waals surface area contributed by atoms with E-state index in [-0.39, 0.29) is 16.6 Å². The van der Waals surface area contributed by atoms with E-state index in [1.165, 1.54) is 21.7 Å². The number of halogens is 1. The number of aromatic nitrogens is 3. The molecule has 5 rings (SSSR count). The highest BCUT2D eigenvalue weighted by atomic mass is 32.2. The molecule has 9 heteroatoms. The Hall–Kier alpha value is -2.75. The third kappa shape index (κ3) is 3.80. The lowest BCUT2D eigenvalue weighted by molar-refractivity contribution is 0.315. The van der Waals surface area contributed by atoms with Crippen molar-refractivity contribution in [3.63, 3.8) is 0 Å². The van der Waals surface area contributed by atoms with Gasteiger partial charge in [-0.3, -0.25) is 4.98 Å². The second kappa shape index (κ2) is 8.31. The quantitative estimate of drug-likeness (QED) is 0.431. The minimum Gasteiger partial charge on any atom is -0.252 e. The van der Waals surface area contributed by atoms with Gasteiger partial charge < -0.3 is 0 Å². The maximum atomic E-state index is 14.1. The molecule has 4 aromatic rings. The fourth-order valence-corrected chi connectivity index (χ4v) is 6.75. The highest BCUT2D eigenvalue weighted by Gasteiger charge is 2.33. The van der Waals surface area contributed by atoms with Crippen LogP contribution in [-0.2, 0) is 10.0 Å². The largest absolute Gasteiger partial charge is 0.252 e. The fourth-order valence-electron chi connectivity index (χ4n) is 4.07. The van der Waals surface area contributed by atoms with Crippen LogP contribution in [0.3, 0.4) is 0 Å². The molecule has 32 heavy (non-hydrogen) atoms. The lowest BCUT2D eigenvalue weighted by Crippen LogP contribution is -2.39. The number of nitrogens with zero attached hydrogens (tertiary/aromatic N) is 4. The van der Waals surface area contributed by atoms with Crippen LogP contribution in [0.2, 0.25) is 0 Å². The van der Waals surface area contributed by atoms with Crippen molar-refractivity contribution in [3.05, 3.63) is 71.1 Å². The van der Waals surface area contributed by atoms with E-state index in [1.54, 1.807) is 30.3 Å². The second-order valence-corrected chi connectivity index (χ2v) is 10.8. The van der Waals surface area contributed by atoms with E-state index in [9.17, 15) is 12.8 Å². The van der Waals surface area contributed by atoms with Crippen molar-refractivity contribution in [3.8, 4) is 10.6 Å². The van der Waals surface area contributed by atoms with Gasteiger partial charge in [0.1, 0.15) is 15.7 Å². The van der Waals surface area contributed by atoms with Crippen molar-refractivity contribution in [2.24, 2.45) is 0 Å². The Labute approximate surface area is 189 Å². The standard InChI is InChI=1S/C23H21FN4O2S2/c1-15-11-12-16-6-4-10-20(21(16)25-15)32(29,30)28-13-5-7-17(14-28)22-26-27-23(31-22)18-8-2-3-9-19(18)24/h2-4,6,8-12,17H,5,7,13-14H2,1H3. The van der Waals surface area contributed by atoms with Crippen LogP contribution in [0.25, 0.3) is 21.5 Å². The van der Waals surface area contributed by atoms with E-state index in [0.717, 1.165) is 28.9 Å². The zero-order chi connectivity index (χ0) is 22.3. The average Bonchev–Trinajstić information content (AvgIpc) is 3.29. The minimum absolute atomic E-state index is 0.0822. The molecule has 0 saturated carbocycles. The number of piperidine rings is 1. The van der Waals surface area contributed by atoms with Gasteiger partial charge in [-0.05, 0) is 44.0 Å². The lowest BCUT2D eigenvalue weighted by Gasteiger charge is -2.31. The van der Waals surface area contributed by atoms with Crippen molar-refractivity contribution < 1.29 is 12.8 Å². The zero-order valence-electron chi connectivity index (χ0n) is 17.4. The molecule has 3 heterocycles. The Morgan fingerprint density at radius 2 is 1.91 bits per heavy atom. The van der Waals surface area contributed by atoms with Crippen LogP contribution in [0, 0.1) is 12.7 Å². The summed E-state index contributed by atoms with van der Waals surface area (Å²) in [7, 11) is -3.73. The molecule has 6 nitrogen and oxygen atoms in total. The van der Waals surface area contributed by atoms with Gasteiger partial charge in [-0.25, -0.2) is 12.8 Å². The van der Waals surface area contributed by atoms with Crippen LogP contribution in [0.4, 0.5) is 4.39 Å². The van der Waals surface area contributed by atoms with Gasteiger partial charge in [0.05, 0.1) is 5.52 Å². The lowest BCUT2D eigenvalue weighted by atomic mass is 10.0. The van der Waals surface area contributed by atoms with Gasteiger partial charge >= 0.3 is 0 Å². The molecule has 2 aromatic heterocycles. The summed E-state index contributed by atoms with van der Waals surface area (Å²) in [5.41, 5.74) is 1.67. The van der Waals surface area contributed by atoms with E-state index in [0.29, 0.717) is 29.2 Å². The maximum absolute atomic E-state index is 14.1. The first-order chi connectivity index (χ1) is 15.4. The molecule has 1 unspecified atom stereocenters. The summed E-state index contributed by atoms with van der Waals surface area (Å²) in [6.45, 7) is 2.61. The topological polar surface area (TPSA) is 76.1 Å². The van der Waals surface area contributed by atoms with Gasteiger partial charge in [-0.1, -0.05) is 41.7 Å². The summed E-state index contributed by atoms with van der Waals surface area (Å²) in [6.07, 6.45) is 1.53. The Morgan fingerprint density at radius 1 is 1.06 bits per heavy atom. The third-order valence-corrected chi connectivity index (χ3v) is 8.73. The predicted octanol–water partition coefficient (Wildman–Crippen LogP) is 4.77. The predicted molar refractivity (Wildman–Crippen MR) is 123 cm³/mol. The van der Waals surface area contributed by atoms with Gasteiger partial charge in [0, 0.05) is 35.7 Å². The van der Waals surface area contributed by atoms with Crippen LogP contribution in [0.1, 0.15) is 29.5 Å². The maximum Gasteiger partial charge on any atom is 0.245 e. The van der Waals surface area contributed by atoms with Gasteiger partial charge in [0.15, 0.2) is 5.01 Å². The van der Waals surface area contributed by atoms with Crippen LogP contribution in [0.5, 0.6) is 0 Å². The van der Waals surface area contributed by atoms with E-state index < -0.39 is 10.0 Å². The molecular weight excluding hydrogens is 447 g/mol. The Morgan fingerprint density at radius 3 is 2.75 bits per heavy atom. The van der Waals surface area contributed by atoms with Gasteiger partial charge in [0.2, 0.25) is 10.0 Å². The minimum atomic E-state index is -3.73. The molecule has 0 spiro atoms. The van der Waals surface area contributed by atoms with Crippen LogP contribution in [0.15, 0.2) is 59.5 Å². The third-order valence-electron chi connectivity index (χ3n) is 5.72. The Balaban J connectivity index is 1.45. The summed E-state index contributed by atoms with van der Waals surface area (Å²) in [4.78, 5) is 4.72. The molecule has 0 amide bonds. The first-order valence-electron chi connectivity index (χ1n) is 10.4. The summed E-state index contributed by atoms with van der Waals surface area (Å²) in [5, 5.41) is 10.5. The van der Waals surface area contributed by atoms with E-state index >= 15 is 0 Å². The number of rotatable bonds is 4. The van der Waals surface area contributed by atoms with Crippen LogP contribution >= 0.6 is 11.3 Å². The summed E-state index contributed by atoms with van der Waals surface area (Å²) >= 11 is 1.32. The van der Waals surface area contributed by atoms with Crippen molar-refractivity contribution >= 4 is 32.3 Å². The number of sulfonamides is 1. The monoisotopic (exact) mass is 468 g/mol. The second-order valence-electron chi connectivity index (χ2n) is 7.91. The van der Waals surface area contributed by atoms with Crippen molar-refractivity contribution in [2.75, 3.05) is 13.1 Å². The summed E-state index contributed by atoms with van der Waals surface area (Å²) in [6, 6.07) is 15.5. The molecule has 1 saturated heterocycles. The van der Waals surface area contributed by atoms with Crippen molar-refractivity contribution in [2.45, 2.75) is 30.6 Å². The molecule has 0 N–H and O–H groups in total. The number of aryl methyl sites for hydroxylation is 1.